The maximum atomic E-state index is 13.9. The topological polar surface area (TPSA) is 166 Å². The van der Waals surface area contributed by atoms with Crippen LogP contribution in [0.5, 0.6) is 5.75 Å². The number of thiocarbonyl (C=S) groups is 1. The summed E-state index contributed by atoms with van der Waals surface area (Å²) < 4.78 is 58.3. The quantitative estimate of drug-likeness (QED) is 0.0646. The van der Waals surface area contributed by atoms with E-state index in [9.17, 15) is 37.6 Å². The van der Waals surface area contributed by atoms with E-state index in [1.165, 1.54) is 6.07 Å². The predicted molar refractivity (Wildman–Crippen MR) is 260 cm³/mol. The second kappa shape index (κ2) is 22.7. The first-order valence-electron chi connectivity index (χ1n) is 22.8. The number of hydrogen-bond acceptors (Lipinski definition) is 11. The van der Waals surface area contributed by atoms with Gasteiger partial charge in [0.2, 0.25) is 17.7 Å². The first-order chi connectivity index (χ1) is 32.7. The fraction of sp³-hybridized carbons (Fsp3) is 0.460. The molecule has 368 valence electrons. The standard InChI is InChI=1S/C50H58F3N7O7S2/c1-32-42(69-31-56-32)34-14-12-33(13-15-34)29-55-44(62)40-11-9-22-58(40)45(63)43(48(2,3)4)57-41(61)30-66-25-10-24-65-23-7-8-26-67-38-20-18-36(19-21-38)60-47(68)59(46(64)49(60,5)6)37-17-16-35(28-54)39(27-37)50(51,52)53/h12-21,27,31,40,43H,7-11,22-26,29-30H2,1-6H3,(H,55,62)(H,57,61)/t40-,43+/m0/s1. The molecule has 0 saturated carbocycles. The lowest BCUT2D eigenvalue weighted by molar-refractivity contribution is -0.144. The van der Waals surface area contributed by atoms with E-state index in [4.69, 9.17) is 26.4 Å². The number of ether oxygens (including phenoxy) is 3. The summed E-state index contributed by atoms with van der Waals surface area (Å²) in [7, 11) is 0. The number of anilines is 2. The van der Waals surface area contributed by atoms with Gasteiger partial charge in [0.15, 0.2) is 5.11 Å². The summed E-state index contributed by atoms with van der Waals surface area (Å²) in [5.74, 6) is -0.891. The van der Waals surface area contributed by atoms with Crippen molar-refractivity contribution in [1.29, 1.82) is 5.26 Å². The molecule has 0 unspecified atom stereocenters. The van der Waals surface area contributed by atoms with Crippen LogP contribution in [0.25, 0.3) is 10.4 Å². The predicted octanol–water partition coefficient (Wildman–Crippen LogP) is 8.35. The number of aromatic nitrogens is 1. The van der Waals surface area contributed by atoms with Gasteiger partial charge < -0.3 is 34.6 Å². The lowest BCUT2D eigenvalue weighted by Gasteiger charge is -2.35. The Bertz CT molecular complexity index is 2520. The minimum Gasteiger partial charge on any atom is -0.494 e. The number of likely N-dealkylation sites (tertiary alicyclic amines) is 1. The molecule has 14 nitrogen and oxygen atoms in total. The minimum atomic E-state index is -4.80. The van der Waals surface area contributed by atoms with E-state index in [2.05, 4.69) is 15.6 Å². The van der Waals surface area contributed by atoms with Crippen LogP contribution < -0.4 is 25.2 Å². The number of amides is 4. The number of unbranched alkanes of at least 4 members (excludes halogenated alkanes) is 1. The van der Waals surface area contributed by atoms with Crippen LogP contribution in [0, 0.1) is 23.7 Å². The molecule has 0 bridgehead atoms. The van der Waals surface area contributed by atoms with Crippen LogP contribution in [-0.2, 0) is 41.4 Å². The highest BCUT2D eigenvalue weighted by atomic mass is 32.1. The molecular weight excluding hydrogens is 932 g/mol. The molecule has 6 rings (SSSR count). The maximum absolute atomic E-state index is 13.9. The van der Waals surface area contributed by atoms with Crippen molar-refractivity contribution in [3.8, 4) is 22.3 Å². The summed E-state index contributed by atoms with van der Waals surface area (Å²) >= 11 is 7.21. The highest BCUT2D eigenvalue weighted by molar-refractivity contribution is 7.81. The van der Waals surface area contributed by atoms with Crippen molar-refractivity contribution in [2.75, 3.05) is 49.4 Å². The number of nitrogens with zero attached hydrogens (tertiary/aromatic N) is 5. The molecule has 19 heteroatoms. The number of nitriles is 1. The SMILES string of the molecule is Cc1ncsc1-c1ccc(CNC(=O)[C@@H]2CCCN2C(=O)[C@@H](NC(=O)COCCCOCCCCOc2ccc(N3C(=S)N(c4ccc(C#N)c(C(F)(F)F)c4)C(=O)C3(C)C)cc2)C(C)(C)C)cc1. The van der Waals surface area contributed by atoms with Crippen LogP contribution in [0.3, 0.4) is 0 Å². The minimum absolute atomic E-state index is 0.000198. The second-order valence-corrected chi connectivity index (χ2v) is 19.7. The van der Waals surface area contributed by atoms with Crippen LogP contribution in [-0.4, -0.2) is 95.8 Å². The Morgan fingerprint density at radius 3 is 2.28 bits per heavy atom. The summed E-state index contributed by atoms with van der Waals surface area (Å²) in [5, 5.41) is 15.1. The van der Waals surface area contributed by atoms with E-state index in [1.54, 1.807) is 65.3 Å². The molecule has 3 aromatic carbocycles. The first-order valence-corrected chi connectivity index (χ1v) is 24.1. The number of halogens is 3. The van der Waals surface area contributed by atoms with Gasteiger partial charge in [-0.15, -0.1) is 11.3 Å². The van der Waals surface area contributed by atoms with E-state index in [-0.39, 0.29) is 35.8 Å². The van der Waals surface area contributed by atoms with E-state index >= 15 is 0 Å². The largest absolute Gasteiger partial charge is 0.494 e. The number of nitrogens with one attached hydrogen (secondary N) is 2. The zero-order chi connectivity index (χ0) is 50.1. The molecule has 2 atom stereocenters. The van der Waals surface area contributed by atoms with E-state index in [0.717, 1.165) is 45.2 Å². The van der Waals surface area contributed by atoms with Crippen LogP contribution in [0.1, 0.15) is 89.1 Å². The third-order valence-electron chi connectivity index (χ3n) is 11.9. The maximum Gasteiger partial charge on any atom is 0.417 e. The van der Waals surface area contributed by atoms with Crippen molar-refractivity contribution in [3.63, 3.8) is 0 Å². The number of alkyl halides is 3. The van der Waals surface area contributed by atoms with Crippen molar-refractivity contribution in [2.45, 2.75) is 104 Å². The fourth-order valence-corrected chi connectivity index (χ4v) is 9.49. The van der Waals surface area contributed by atoms with Gasteiger partial charge in [-0.05, 0) is 124 Å². The number of thiazole rings is 1. The van der Waals surface area contributed by atoms with Crippen LogP contribution in [0.2, 0.25) is 0 Å². The molecule has 3 heterocycles. The summed E-state index contributed by atoms with van der Waals surface area (Å²) in [4.78, 5) is 63.4. The molecular formula is C50H58F3N7O7S2. The lowest BCUT2D eigenvalue weighted by atomic mass is 9.85. The highest BCUT2D eigenvalue weighted by Gasteiger charge is 2.51. The summed E-state index contributed by atoms with van der Waals surface area (Å²) in [6.07, 6.45) is -1.59. The van der Waals surface area contributed by atoms with Gasteiger partial charge in [0.1, 0.15) is 30.0 Å². The average Bonchev–Trinajstić information content (AvgIpc) is 4.02. The third-order valence-corrected chi connectivity index (χ3v) is 13.2. The molecule has 4 aromatic rings. The van der Waals surface area contributed by atoms with Gasteiger partial charge in [0, 0.05) is 38.6 Å². The molecule has 2 fully saturated rings. The van der Waals surface area contributed by atoms with E-state index in [0.29, 0.717) is 70.0 Å². The van der Waals surface area contributed by atoms with Gasteiger partial charge in [0.25, 0.3) is 5.91 Å². The van der Waals surface area contributed by atoms with E-state index in [1.807, 2.05) is 57.5 Å². The van der Waals surface area contributed by atoms with Crippen molar-refractivity contribution in [1.82, 2.24) is 20.5 Å². The zero-order valence-corrected chi connectivity index (χ0v) is 41.2. The molecule has 2 aliphatic heterocycles. The molecule has 4 amide bonds. The molecule has 1 aromatic heterocycles. The van der Waals surface area contributed by atoms with Gasteiger partial charge in [-0.3, -0.25) is 24.1 Å². The van der Waals surface area contributed by atoms with Crippen LogP contribution >= 0.6 is 23.6 Å². The van der Waals surface area contributed by atoms with Crippen LogP contribution in [0.4, 0.5) is 24.5 Å². The Kier molecular flexibility index (Phi) is 17.2. The summed E-state index contributed by atoms with van der Waals surface area (Å²) in [6.45, 7) is 13.0. The number of rotatable bonds is 20. The number of hydrogen-bond donors (Lipinski definition) is 2. The highest BCUT2D eigenvalue weighted by Crippen LogP contribution is 2.40. The molecule has 0 radical (unpaired) electrons. The lowest BCUT2D eigenvalue weighted by Crippen LogP contribution is -2.58. The van der Waals surface area contributed by atoms with Crippen molar-refractivity contribution in [2.24, 2.45) is 5.41 Å². The molecule has 0 aliphatic carbocycles. The Labute approximate surface area is 410 Å². The van der Waals surface area contributed by atoms with Gasteiger partial charge in [-0.1, -0.05) is 45.0 Å². The fourth-order valence-electron chi connectivity index (χ4n) is 8.16. The van der Waals surface area contributed by atoms with Crippen molar-refractivity contribution < 1.29 is 46.6 Å². The Morgan fingerprint density at radius 1 is 0.957 bits per heavy atom. The molecule has 2 N–H and O–H groups in total. The van der Waals surface area contributed by atoms with Gasteiger partial charge in [0.05, 0.1) is 45.6 Å². The molecule has 2 aliphatic rings. The zero-order valence-electron chi connectivity index (χ0n) is 39.6. The van der Waals surface area contributed by atoms with Gasteiger partial charge in [-0.2, -0.15) is 18.4 Å². The molecule has 0 spiro atoms. The summed E-state index contributed by atoms with van der Waals surface area (Å²) in [5.41, 5.74) is 1.72. The Hall–Kier alpha value is -5.94. The van der Waals surface area contributed by atoms with Crippen molar-refractivity contribution >= 4 is 63.7 Å². The van der Waals surface area contributed by atoms with Crippen molar-refractivity contribution in [3.05, 3.63) is 94.6 Å². The Morgan fingerprint density at radius 2 is 1.62 bits per heavy atom. The normalized spacial score (nSPS) is 16.4. The third kappa shape index (κ3) is 12.8. The smallest absolute Gasteiger partial charge is 0.417 e. The van der Waals surface area contributed by atoms with E-state index < -0.39 is 52.2 Å². The molecule has 2 saturated heterocycles. The number of carbonyl (C=O) groups excluding carboxylic acids is 4. The second-order valence-electron chi connectivity index (χ2n) is 18.5. The van der Waals surface area contributed by atoms with Crippen LogP contribution in [0.15, 0.2) is 72.2 Å². The van der Waals surface area contributed by atoms with Gasteiger partial charge in [-0.25, -0.2) is 4.98 Å². The number of carbonyl (C=O) groups is 4. The average molecular weight is 990 g/mol. The number of aryl methyl sites for hydroxylation is 1. The molecule has 69 heavy (non-hydrogen) atoms. The Balaban J connectivity index is 0.857. The summed E-state index contributed by atoms with van der Waals surface area (Å²) in [6, 6.07) is 18.0. The number of benzene rings is 3. The monoisotopic (exact) mass is 989 g/mol. The van der Waals surface area contributed by atoms with Gasteiger partial charge >= 0.3 is 6.18 Å². The first kappa shape index (κ1) is 52.4.